The van der Waals surface area contributed by atoms with Gasteiger partial charge in [0.15, 0.2) is 5.96 Å². The Morgan fingerprint density at radius 3 is 2.81 bits per heavy atom. The van der Waals surface area contributed by atoms with Gasteiger partial charge in [-0.15, -0.1) is 0 Å². The molecule has 0 amide bonds. The summed E-state index contributed by atoms with van der Waals surface area (Å²) in [6.07, 6.45) is 3.62. The first-order valence-corrected chi connectivity index (χ1v) is 7.96. The first-order valence-electron chi connectivity index (χ1n) is 7.96. The monoisotopic (exact) mass is 289 g/mol. The Morgan fingerprint density at radius 1 is 1.29 bits per heavy atom. The number of nitrogens with zero attached hydrogens (tertiary/aromatic N) is 1. The third-order valence-electron chi connectivity index (χ3n) is 3.87. The molecule has 116 valence electrons. The molecule has 2 rings (SSSR count). The van der Waals surface area contributed by atoms with Crippen molar-refractivity contribution in [3.63, 3.8) is 0 Å². The first-order chi connectivity index (χ1) is 10.3. The van der Waals surface area contributed by atoms with Crippen molar-refractivity contribution in [3.8, 4) is 0 Å². The molecule has 1 aromatic rings. The zero-order valence-electron chi connectivity index (χ0n) is 13.1. The number of rotatable bonds is 5. The summed E-state index contributed by atoms with van der Waals surface area (Å²) >= 11 is 0. The van der Waals surface area contributed by atoms with Crippen molar-refractivity contribution >= 4 is 5.96 Å². The number of nitrogens with one attached hydrogen (secondary N) is 2. The largest absolute Gasteiger partial charge is 0.373 e. The van der Waals surface area contributed by atoms with Gasteiger partial charge in [-0.2, -0.15) is 0 Å². The number of guanidine groups is 1. The van der Waals surface area contributed by atoms with Crippen LogP contribution >= 0.6 is 0 Å². The first kappa shape index (κ1) is 15.8. The highest BCUT2D eigenvalue weighted by Gasteiger charge is 2.27. The standard InChI is InChI=1S/C17H27N3O/c1-3-11-19-17(18-2)20-13-15-10-7-12-21-16(15)14-8-5-4-6-9-14/h4-6,8-9,15-16H,3,7,10-13H2,1-2H3,(H2,18,19,20). The van der Waals surface area contributed by atoms with Gasteiger partial charge in [-0.3, -0.25) is 4.99 Å². The highest BCUT2D eigenvalue weighted by Crippen LogP contribution is 2.32. The van der Waals surface area contributed by atoms with Crippen LogP contribution in [0, 0.1) is 5.92 Å². The Kier molecular flexibility index (Phi) is 6.54. The van der Waals surface area contributed by atoms with Crippen LogP contribution in [0.25, 0.3) is 0 Å². The summed E-state index contributed by atoms with van der Waals surface area (Å²) in [5, 5.41) is 6.74. The summed E-state index contributed by atoms with van der Waals surface area (Å²) in [5.74, 6) is 1.37. The second kappa shape index (κ2) is 8.67. The van der Waals surface area contributed by atoms with E-state index >= 15 is 0 Å². The van der Waals surface area contributed by atoms with Crippen molar-refractivity contribution in [1.29, 1.82) is 0 Å². The lowest BCUT2D eigenvalue weighted by Crippen LogP contribution is -2.42. The maximum atomic E-state index is 6.02. The molecule has 4 heteroatoms. The summed E-state index contributed by atoms with van der Waals surface area (Å²) in [4.78, 5) is 4.26. The molecule has 0 bridgehead atoms. The van der Waals surface area contributed by atoms with Crippen LogP contribution in [0.2, 0.25) is 0 Å². The van der Waals surface area contributed by atoms with Crippen LogP contribution in [0.4, 0.5) is 0 Å². The number of ether oxygens (including phenoxy) is 1. The van der Waals surface area contributed by atoms with E-state index in [4.69, 9.17) is 4.74 Å². The summed E-state index contributed by atoms with van der Waals surface area (Å²) in [6, 6.07) is 10.5. The molecule has 0 aliphatic carbocycles. The molecule has 1 aromatic carbocycles. The van der Waals surface area contributed by atoms with Crippen molar-refractivity contribution in [1.82, 2.24) is 10.6 Å². The zero-order chi connectivity index (χ0) is 14.9. The Bertz CT molecular complexity index is 433. The van der Waals surface area contributed by atoms with Crippen LogP contribution in [0.5, 0.6) is 0 Å². The van der Waals surface area contributed by atoms with Crippen molar-refractivity contribution < 1.29 is 4.74 Å². The van der Waals surface area contributed by atoms with Crippen LogP contribution < -0.4 is 10.6 Å². The van der Waals surface area contributed by atoms with Gasteiger partial charge in [0.1, 0.15) is 0 Å². The van der Waals surface area contributed by atoms with E-state index in [-0.39, 0.29) is 6.10 Å². The molecule has 0 aromatic heterocycles. The van der Waals surface area contributed by atoms with Gasteiger partial charge in [0.25, 0.3) is 0 Å². The fourth-order valence-corrected chi connectivity index (χ4v) is 2.76. The fourth-order valence-electron chi connectivity index (χ4n) is 2.76. The zero-order valence-corrected chi connectivity index (χ0v) is 13.1. The smallest absolute Gasteiger partial charge is 0.190 e. The maximum absolute atomic E-state index is 6.02. The summed E-state index contributed by atoms with van der Waals surface area (Å²) < 4.78 is 6.02. The number of hydrogen-bond donors (Lipinski definition) is 2. The predicted molar refractivity (Wildman–Crippen MR) is 87.5 cm³/mol. The Balaban J connectivity index is 1.93. The maximum Gasteiger partial charge on any atom is 0.190 e. The van der Waals surface area contributed by atoms with Crippen LogP contribution in [0.15, 0.2) is 35.3 Å². The van der Waals surface area contributed by atoms with E-state index in [1.54, 1.807) is 0 Å². The molecule has 1 saturated heterocycles. The van der Waals surface area contributed by atoms with Gasteiger partial charge in [-0.1, -0.05) is 37.3 Å². The topological polar surface area (TPSA) is 45.7 Å². The Labute approximate surface area is 128 Å². The molecule has 2 unspecified atom stereocenters. The summed E-state index contributed by atoms with van der Waals surface area (Å²) in [6.45, 7) is 4.85. The highest BCUT2D eigenvalue weighted by atomic mass is 16.5. The second-order valence-electron chi connectivity index (χ2n) is 5.48. The van der Waals surface area contributed by atoms with Crippen molar-refractivity contribution in [2.75, 3.05) is 26.7 Å². The normalized spacial score (nSPS) is 22.9. The van der Waals surface area contributed by atoms with Gasteiger partial charge < -0.3 is 15.4 Å². The van der Waals surface area contributed by atoms with Gasteiger partial charge in [-0.25, -0.2) is 0 Å². The van der Waals surface area contributed by atoms with Crippen molar-refractivity contribution in [2.24, 2.45) is 10.9 Å². The predicted octanol–water partition coefficient (Wildman–Crippen LogP) is 2.73. The van der Waals surface area contributed by atoms with Gasteiger partial charge in [0.05, 0.1) is 6.10 Å². The lowest BCUT2D eigenvalue weighted by molar-refractivity contribution is -0.0265. The SMILES string of the molecule is CCCNC(=NC)NCC1CCCOC1c1ccccc1. The van der Waals surface area contributed by atoms with Crippen molar-refractivity contribution in [2.45, 2.75) is 32.3 Å². The lowest BCUT2D eigenvalue weighted by atomic mass is 9.89. The van der Waals surface area contributed by atoms with E-state index in [0.29, 0.717) is 5.92 Å². The van der Waals surface area contributed by atoms with E-state index < -0.39 is 0 Å². The number of benzene rings is 1. The summed E-state index contributed by atoms with van der Waals surface area (Å²) in [7, 11) is 1.82. The molecular formula is C17H27N3O. The van der Waals surface area contributed by atoms with E-state index in [1.807, 2.05) is 7.05 Å². The lowest BCUT2D eigenvalue weighted by Gasteiger charge is -2.32. The minimum Gasteiger partial charge on any atom is -0.373 e. The van der Waals surface area contributed by atoms with Gasteiger partial charge >= 0.3 is 0 Å². The fraction of sp³-hybridized carbons (Fsp3) is 0.588. The molecule has 4 nitrogen and oxygen atoms in total. The minimum atomic E-state index is 0.191. The average molecular weight is 289 g/mol. The van der Waals surface area contributed by atoms with Crippen LogP contribution in [0.3, 0.4) is 0 Å². The molecule has 1 aliphatic heterocycles. The quantitative estimate of drug-likeness (QED) is 0.647. The van der Waals surface area contributed by atoms with Gasteiger partial charge in [0, 0.05) is 32.7 Å². The Morgan fingerprint density at radius 2 is 2.10 bits per heavy atom. The molecule has 21 heavy (non-hydrogen) atoms. The van der Waals surface area contributed by atoms with E-state index in [9.17, 15) is 0 Å². The van der Waals surface area contributed by atoms with Gasteiger partial charge in [0.2, 0.25) is 0 Å². The Hall–Kier alpha value is -1.55. The van der Waals surface area contributed by atoms with E-state index in [2.05, 4.69) is 52.9 Å². The third-order valence-corrected chi connectivity index (χ3v) is 3.87. The average Bonchev–Trinajstić information content (AvgIpc) is 2.56. The second-order valence-corrected chi connectivity index (χ2v) is 5.48. The minimum absolute atomic E-state index is 0.191. The van der Waals surface area contributed by atoms with E-state index in [0.717, 1.165) is 38.5 Å². The molecule has 2 N–H and O–H groups in total. The van der Waals surface area contributed by atoms with Crippen LogP contribution in [0.1, 0.15) is 37.9 Å². The number of hydrogen-bond acceptors (Lipinski definition) is 2. The van der Waals surface area contributed by atoms with Crippen molar-refractivity contribution in [3.05, 3.63) is 35.9 Å². The van der Waals surface area contributed by atoms with E-state index in [1.165, 1.54) is 12.0 Å². The third kappa shape index (κ3) is 4.74. The van der Waals surface area contributed by atoms with Gasteiger partial charge in [-0.05, 0) is 24.8 Å². The molecule has 1 fully saturated rings. The van der Waals surface area contributed by atoms with Crippen LogP contribution in [-0.2, 0) is 4.74 Å². The molecule has 1 aliphatic rings. The molecular weight excluding hydrogens is 262 g/mol. The molecule has 1 heterocycles. The summed E-state index contributed by atoms with van der Waals surface area (Å²) in [5.41, 5.74) is 1.28. The van der Waals surface area contributed by atoms with Crippen LogP contribution in [-0.4, -0.2) is 32.7 Å². The molecule has 2 atom stereocenters. The molecule has 0 saturated carbocycles. The number of aliphatic imine (C=N–C) groups is 1. The molecule has 0 spiro atoms. The molecule has 0 radical (unpaired) electrons. The highest BCUT2D eigenvalue weighted by molar-refractivity contribution is 5.79.